The molecule has 1 aromatic carbocycles. The van der Waals surface area contributed by atoms with Gasteiger partial charge in [-0.25, -0.2) is 9.59 Å². The van der Waals surface area contributed by atoms with E-state index in [9.17, 15) is 9.59 Å². The number of allylic oxidation sites excluding steroid dienone is 2. The minimum absolute atomic E-state index is 0.383. The smallest absolute Gasteiger partial charge is 0.346 e. The predicted octanol–water partition coefficient (Wildman–Crippen LogP) is 6.80. The molecule has 0 amide bonds. The number of carbonyl (C=O) groups excluding carboxylic acids is 2. The normalized spacial score (nSPS) is 13.4. The molecule has 1 aliphatic heterocycles. The van der Waals surface area contributed by atoms with Gasteiger partial charge in [0, 0.05) is 0 Å². The number of benzene rings is 1. The minimum Gasteiger partial charge on any atom is -0.386 e. The summed E-state index contributed by atoms with van der Waals surface area (Å²) >= 11 is 0. The second kappa shape index (κ2) is 12.5. The Balaban J connectivity index is 1.48. The van der Waals surface area contributed by atoms with Crippen molar-refractivity contribution in [2.24, 2.45) is 0 Å². The molecule has 0 bridgehead atoms. The molecule has 148 valence electrons. The Morgan fingerprint density at radius 2 is 1.33 bits per heavy atom. The Bertz CT molecular complexity index is 631. The summed E-state index contributed by atoms with van der Waals surface area (Å²) in [6.45, 7) is 2.27. The summed E-state index contributed by atoms with van der Waals surface area (Å²) in [4.78, 5) is 23.0. The van der Waals surface area contributed by atoms with Crippen LogP contribution in [0.3, 0.4) is 0 Å². The van der Waals surface area contributed by atoms with Gasteiger partial charge in [-0.2, -0.15) is 0 Å². The van der Waals surface area contributed by atoms with E-state index in [1.165, 1.54) is 70.6 Å². The lowest BCUT2D eigenvalue weighted by Crippen LogP contribution is -1.96. The zero-order valence-electron chi connectivity index (χ0n) is 16.8. The number of hydrogen-bond acceptors (Lipinski definition) is 3. The maximum absolute atomic E-state index is 11.6. The fourth-order valence-corrected chi connectivity index (χ4v) is 3.52. The Morgan fingerprint density at radius 1 is 0.741 bits per heavy atom. The van der Waals surface area contributed by atoms with Crippen molar-refractivity contribution < 1.29 is 14.3 Å². The first-order valence-electron chi connectivity index (χ1n) is 10.8. The van der Waals surface area contributed by atoms with Crippen LogP contribution in [0.1, 0.15) is 110 Å². The highest BCUT2D eigenvalue weighted by molar-refractivity contribution is 6.14. The molecular formula is C24H34O3. The number of carbonyl (C=O) groups is 2. The van der Waals surface area contributed by atoms with E-state index in [0.29, 0.717) is 11.1 Å². The molecule has 0 saturated carbocycles. The third-order valence-corrected chi connectivity index (χ3v) is 5.20. The SMILES string of the molecule is CCCCCCCCCCCCC/C=C/Cc1ccc2c(c1)C(=O)OC2=O. The monoisotopic (exact) mass is 370 g/mol. The van der Waals surface area contributed by atoms with Gasteiger partial charge in [0.25, 0.3) is 0 Å². The molecule has 0 radical (unpaired) electrons. The summed E-state index contributed by atoms with van der Waals surface area (Å²) in [5.74, 6) is -1.06. The number of hydrogen-bond donors (Lipinski definition) is 0. The average molecular weight is 371 g/mol. The second-order valence-corrected chi connectivity index (χ2v) is 7.56. The Labute approximate surface area is 164 Å². The number of ether oxygens (including phenoxy) is 1. The zero-order chi connectivity index (χ0) is 19.3. The number of fused-ring (bicyclic) bond motifs is 1. The van der Waals surface area contributed by atoms with Crippen LogP contribution in [0.15, 0.2) is 30.4 Å². The molecule has 0 N–H and O–H groups in total. The summed E-state index contributed by atoms with van der Waals surface area (Å²) in [7, 11) is 0. The average Bonchev–Trinajstić information content (AvgIpc) is 2.95. The van der Waals surface area contributed by atoms with Gasteiger partial charge in [0.1, 0.15) is 0 Å². The lowest BCUT2D eigenvalue weighted by atomic mass is 10.0. The molecule has 0 unspecified atom stereocenters. The topological polar surface area (TPSA) is 43.4 Å². The van der Waals surface area contributed by atoms with Crippen molar-refractivity contribution in [3.8, 4) is 0 Å². The first-order valence-corrected chi connectivity index (χ1v) is 10.8. The summed E-state index contributed by atoms with van der Waals surface area (Å²) in [6, 6.07) is 5.36. The van der Waals surface area contributed by atoms with Gasteiger partial charge in [-0.1, -0.05) is 89.4 Å². The Morgan fingerprint density at radius 3 is 2.00 bits per heavy atom. The van der Waals surface area contributed by atoms with Crippen LogP contribution in [0.25, 0.3) is 0 Å². The Kier molecular flexibility index (Phi) is 9.89. The van der Waals surface area contributed by atoms with Crippen molar-refractivity contribution in [2.75, 3.05) is 0 Å². The van der Waals surface area contributed by atoms with Crippen molar-refractivity contribution in [2.45, 2.75) is 90.4 Å². The number of unbranched alkanes of at least 4 members (excludes halogenated alkanes) is 11. The maximum Gasteiger partial charge on any atom is 0.346 e. The molecule has 0 atom stereocenters. The van der Waals surface area contributed by atoms with Crippen molar-refractivity contribution >= 4 is 11.9 Å². The highest BCUT2D eigenvalue weighted by atomic mass is 16.6. The van der Waals surface area contributed by atoms with Crippen LogP contribution in [0.4, 0.5) is 0 Å². The van der Waals surface area contributed by atoms with Crippen LogP contribution in [0.2, 0.25) is 0 Å². The van der Waals surface area contributed by atoms with Gasteiger partial charge < -0.3 is 4.74 Å². The Hall–Kier alpha value is -1.90. The lowest BCUT2D eigenvalue weighted by Gasteiger charge is -2.02. The first kappa shape index (κ1) is 21.4. The highest BCUT2D eigenvalue weighted by Gasteiger charge is 2.29. The largest absolute Gasteiger partial charge is 0.386 e. The molecule has 1 aromatic rings. The van der Waals surface area contributed by atoms with Crippen molar-refractivity contribution in [1.29, 1.82) is 0 Å². The first-order chi connectivity index (χ1) is 13.2. The molecule has 1 heterocycles. The van der Waals surface area contributed by atoms with E-state index in [1.54, 1.807) is 12.1 Å². The molecule has 0 fully saturated rings. The molecule has 3 nitrogen and oxygen atoms in total. The summed E-state index contributed by atoms with van der Waals surface area (Å²) in [6.07, 6.45) is 21.3. The van der Waals surface area contributed by atoms with E-state index in [-0.39, 0.29) is 0 Å². The fraction of sp³-hybridized carbons (Fsp3) is 0.583. The van der Waals surface area contributed by atoms with Crippen LogP contribution in [0.5, 0.6) is 0 Å². The van der Waals surface area contributed by atoms with Gasteiger partial charge in [0.2, 0.25) is 0 Å². The molecule has 0 aliphatic carbocycles. The highest BCUT2D eigenvalue weighted by Crippen LogP contribution is 2.21. The minimum atomic E-state index is -0.534. The van der Waals surface area contributed by atoms with Gasteiger partial charge in [0.15, 0.2) is 0 Å². The van der Waals surface area contributed by atoms with Gasteiger partial charge >= 0.3 is 11.9 Å². The van der Waals surface area contributed by atoms with Crippen LogP contribution in [0, 0.1) is 0 Å². The van der Waals surface area contributed by atoms with Gasteiger partial charge in [0.05, 0.1) is 11.1 Å². The van der Waals surface area contributed by atoms with E-state index in [1.807, 2.05) is 6.07 Å². The fourth-order valence-electron chi connectivity index (χ4n) is 3.52. The molecule has 3 heteroatoms. The van der Waals surface area contributed by atoms with Gasteiger partial charge in [-0.05, 0) is 37.0 Å². The van der Waals surface area contributed by atoms with E-state index in [2.05, 4.69) is 23.8 Å². The standard InChI is InChI=1S/C24H34O3/c1-2-3-4-5-6-7-8-9-10-11-12-13-14-15-16-20-17-18-21-22(19-20)24(26)27-23(21)25/h14-15,17-19H,2-13,16H2,1H3/b15-14+. The number of rotatable bonds is 14. The molecular weight excluding hydrogens is 336 g/mol. The second-order valence-electron chi connectivity index (χ2n) is 7.56. The van der Waals surface area contributed by atoms with Crippen LogP contribution in [-0.4, -0.2) is 11.9 Å². The molecule has 0 spiro atoms. The molecule has 2 rings (SSSR count). The molecule has 1 aliphatic rings. The van der Waals surface area contributed by atoms with Crippen LogP contribution < -0.4 is 0 Å². The lowest BCUT2D eigenvalue weighted by molar-refractivity contribution is 0.0443. The third-order valence-electron chi connectivity index (χ3n) is 5.20. The van der Waals surface area contributed by atoms with E-state index >= 15 is 0 Å². The maximum atomic E-state index is 11.6. The summed E-state index contributed by atoms with van der Waals surface area (Å²) in [5.41, 5.74) is 1.82. The zero-order valence-corrected chi connectivity index (χ0v) is 16.8. The van der Waals surface area contributed by atoms with Gasteiger partial charge in [-0.3, -0.25) is 0 Å². The van der Waals surface area contributed by atoms with Crippen molar-refractivity contribution in [1.82, 2.24) is 0 Å². The number of esters is 2. The van der Waals surface area contributed by atoms with E-state index in [0.717, 1.165) is 18.4 Å². The van der Waals surface area contributed by atoms with Crippen molar-refractivity contribution in [3.05, 3.63) is 47.0 Å². The molecule has 27 heavy (non-hydrogen) atoms. The van der Waals surface area contributed by atoms with Crippen molar-refractivity contribution in [3.63, 3.8) is 0 Å². The van der Waals surface area contributed by atoms with Crippen LogP contribution in [-0.2, 0) is 11.2 Å². The molecule has 0 saturated heterocycles. The summed E-state index contributed by atoms with van der Waals surface area (Å²) in [5, 5.41) is 0. The van der Waals surface area contributed by atoms with Gasteiger partial charge in [-0.15, -0.1) is 0 Å². The van der Waals surface area contributed by atoms with E-state index in [4.69, 9.17) is 0 Å². The van der Waals surface area contributed by atoms with Crippen LogP contribution >= 0.6 is 0 Å². The quantitative estimate of drug-likeness (QED) is 0.157. The predicted molar refractivity (Wildman–Crippen MR) is 110 cm³/mol. The van der Waals surface area contributed by atoms with E-state index < -0.39 is 11.9 Å². The molecule has 0 aromatic heterocycles. The summed E-state index contributed by atoms with van der Waals surface area (Å²) < 4.78 is 4.62. The number of cyclic esters (lactones) is 2. The third kappa shape index (κ3) is 7.70.